The summed E-state index contributed by atoms with van der Waals surface area (Å²) in [4.78, 5) is 14.6. The molecule has 0 unspecified atom stereocenters. The van der Waals surface area contributed by atoms with Gasteiger partial charge in [0.15, 0.2) is 0 Å². The Bertz CT molecular complexity index is 806. The lowest BCUT2D eigenvalue weighted by atomic mass is 10.2. The van der Waals surface area contributed by atoms with Crippen molar-refractivity contribution in [2.24, 2.45) is 0 Å². The number of sulfonamides is 1. The third-order valence-electron chi connectivity index (χ3n) is 2.68. The number of aryl methyl sites for hydroxylation is 1. The molecule has 1 aromatic heterocycles. The average molecular weight is 327 g/mol. The Hall–Kier alpha value is -2.12. The molecule has 0 aliphatic carbocycles. The molecule has 0 spiro atoms. The second-order valence-corrected chi connectivity index (χ2v) is 6.37. The van der Waals surface area contributed by atoms with Crippen molar-refractivity contribution in [2.45, 2.75) is 11.8 Å². The first-order valence-corrected chi connectivity index (χ1v) is 7.63. The molecule has 0 saturated carbocycles. The molecule has 0 aliphatic rings. The highest BCUT2D eigenvalue weighted by molar-refractivity contribution is 7.92. The van der Waals surface area contributed by atoms with E-state index in [0.29, 0.717) is 10.6 Å². The number of aromatic nitrogens is 1. The first-order valence-electron chi connectivity index (χ1n) is 5.77. The number of anilines is 1. The highest BCUT2D eigenvalue weighted by Gasteiger charge is 2.18. The Morgan fingerprint density at radius 1 is 1.29 bits per heavy atom. The molecule has 110 valence electrons. The van der Waals surface area contributed by atoms with Gasteiger partial charge < -0.3 is 5.11 Å². The second kappa shape index (κ2) is 5.71. The summed E-state index contributed by atoms with van der Waals surface area (Å²) in [6.45, 7) is 1.64. The van der Waals surface area contributed by atoms with Gasteiger partial charge in [0.2, 0.25) is 0 Å². The van der Waals surface area contributed by atoms with Crippen LogP contribution in [-0.4, -0.2) is 24.5 Å². The van der Waals surface area contributed by atoms with Gasteiger partial charge in [-0.3, -0.25) is 9.71 Å². The minimum Gasteiger partial charge on any atom is -0.478 e. The zero-order valence-corrected chi connectivity index (χ0v) is 12.4. The molecule has 0 atom stereocenters. The highest BCUT2D eigenvalue weighted by Crippen LogP contribution is 2.22. The van der Waals surface area contributed by atoms with Crippen molar-refractivity contribution in [2.75, 3.05) is 4.72 Å². The van der Waals surface area contributed by atoms with Crippen LogP contribution in [0.25, 0.3) is 0 Å². The monoisotopic (exact) mass is 326 g/mol. The molecule has 2 aromatic rings. The highest BCUT2D eigenvalue weighted by atomic mass is 35.5. The number of aromatic carboxylic acids is 1. The quantitative estimate of drug-likeness (QED) is 0.900. The minimum atomic E-state index is -3.88. The number of hydrogen-bond donors (Lipinski definition) is 2. The largest absolute Gasteiger partial charge is 0.478 e. The molecule has 0 saturated heterocycles. The van der Waals surface area contributed by atoms with E-state index < -0.39 is 16.0 Å². The Morgan fingerprint density at radius 3 is 2.67 bits per heavy atom. The third kappa shape index (κ3) is 3.50. The molecule has 2 rings (SSSR count). The topological polar surface area (TPSA) is 96.4 Å². The van der Waals surface area contributed by atoms with Crippen LogP contribution in [0.5, 0.6) is 0 Å². The molecule has 0 fully saturated rings. The number of carboxylic acids is 1. The fourth-order valence-corrected chi connectivity index (χ4v) is 3.23. The summed E-state index contributed by atoms with van der Waals surface area (Å²) in [5, 5.41) is 9.16. The van der Waals surface area contributed by atoms with Crippen LogP contribution >= 0.6 is 11.6 Å². The van der Waals surface area contributed by atoms with E-state index in [-0.39, 0.29) is 16.1 Å². The van der Waals surface area contributed by atoms with Gasteiger partial charge in [-0.05, 0) is 30.7 Å². The molecule has 0 aliphatic heterocycles. The van der Waals surface area contributed by atoms with Crippen molar-refractivity contribution in [3.63, 3.8) is 0 Å². The maximum Gasteiger partial charge on any atom is 0.337 e. The van der Waals surface area contributed by atoms with Crippen molar-refractivity contribution in [3.8, 4) is 0 Å². The summed E-state index contributed by atoms with van der Waals surface area (Å²) in [6.07, 6.45) is 2.36. The summed E-state index contributed by atoms with van der Waals surface area (Å²) < 4.78 is 26.9. The van der Waals surface area contributed by atoms with Crippen LogP contribution in [0.1, 0.15) is 15.9 Å². The van der Waals surface area contributed by atoms with Gasteiger partial charge in [0.1, 0.15) is 0 Å². The molecule has 21 heavy (non-hydrogen) atoms. The molecule has 0 bridgehead atoms. The molecule has 8 heteroatoms. The predicted octanol–water partition coefficient (Wildman–Crippen LogP) is 2.54. The van der Waals surface area contributed by atoms with E-state index in [1.54, 1.807) is 19.1 Å². The second-order valence-electron chi connectivity index (χ2n) is 4.28. The van der Waals surface area contributed by atoms with E-state index in [9.17, 15) is 13.2 Å². The average Bonchev–Trinajstić information content (AvgIpc) is 2.41. The lowest BCUT2D eigenvalue weighted by molar-refractivity contribution is 0.0696. The first-order chi connectivity index (χ1) is 9.79. The third-order valence-corrected chi connectivity index (χ3v) is 4.44. The number of pyridine rings is 1. The Morgan fingerprint density at radius 2 is 2.00 bits per heavy atom. The Kier molecular flexibility index (Phi) is 4.15. The van der Waals surface area contributed by atoms with E-state index in [1.165, 1.54) is 18.3 Å². The van der Waals surface area contributed by atoms with Crippen molar-refractivity contribution in [3.05, 3.63) is 52.8 Å². The maximum atomic E-state index is 12.3. The Balaban J connectivity index is 2.40. The summed E-state index contributed by atoms with van der Waals surface area (Å²) in [5.41, 5.74) is 0.474. The number of benzene rings is 1. The number of nitrogens with one attached hydrogen (secondary N) is 1. The summed E-state index contributed by atoms with van der Waals surface area (Å²) in [5.74, 6) is -1.19. The summed E-state index contributed by atoms with van der Waals surface area (Å²) >= 11 is 5.81. The van der Waals surface area contributed by atoms with E-state index in [0.717, 1.165) is 6.20 Å². The normalized spacial score (nSPS) is 11.1. The zero-order valence-electron chi connectivity index (χ0n) is 10.9. The minimum absolute atomic E-state index is 0.0238. The number of hydrogen-bond acceptors (Lipinski definition) is 4. The smallest absolute Gasteiger partial charge is 0.337 e. The number of rotatable bonds is 4. The fourth-order valence-electron chi connectivity index (χ4n) is 1.69. The maximum absolute atomic E-state index is 12.3. The van der Waals surface area contributed by atoms with Gasteiger partial charge in [0.25, 0.3) is 10.0 Å². The Labute approximate surface area is 126 Å². The molecule has 2 N–H and O–H groups in total. The first kappa shape index (κ1) is 15.3. The molecule has 6 nitrogen and oxygen atoms in total. The standard InChI is InChI=1S/C13H11ClN2O4S/c1-8-2-3-10(14)5-12(8)21(19,20)16-11-4-9(13(17)18)6-15-7-11/h2-7,16H,1H3,(H,17,18). The SMILES string of the molecule is Cc1ccc(Cl)cc1S(=O)(=O)Nc1cncc(C(=O)O)c1. The van der Waals surface area contributed by atoms with Crippen molar-refractivity contribution >= 4 is 33.3 Å². The molecule has 1 heterocycles. The van der Waals surface area contributed by atoms with Gasteiger partial charge in [-0.15, -0.1) is 0 Å². The van der Waals surface area contributed by atoms with Gasteiger partial charge in [-0.2, -0.15) is 0 Å². The fraction of sp³-hybridized carbons (Fsp3) is 0.0769. The van der Waals surface area contributed by atoms with Crippen LogP contribution in [0.4, 0.5) is 5.69 Å². The van der Waals surface area contributed by atoms with Crippen LogP contribution < -0.4 is 4.72 Å². The van der Waals surface area contributed by atoms with Crippen molar-refractivity contribution in [1.29, 1.82) is 0 Å². The predicted molar refractivity (Wildman–Crippen MR) is 78.2 cm³/mol. The molecule has 1 aromatic carbocycles. The van der Waals surface area contributed by atoms with Crippen LogP contribution in [-0.2, 0) is 10.0 Å². The van der Waals surface area contributed by atoms with Gasteiger partial charge in [-0.25, -0.2) is 13.2 Å². The lowest BCUT2D eigenvalue weighted by Gasteiger charge is -2.10. The van der Waals surface area contributed by atoms with Crippen LogP contribution in [0.2, 0.25) is 5.02 Å². The van der Waals surface area contributed by atoms with E-state index in [2.05, 4.69) is 9.71 Å². The molecule has 0 amide bonds. The molecule has 0 radical (unpaired) electrons. The van der Waals surface area contributed by atoms with Crippen LogP contribution in [0, 0.1) is 6.92 Å². The van der Waals surface area contributed by atoms with Crippen LogP contribution in [0.3, 0.4) is 0 Å². The van der Waals surface area contributed by atoms with Crippen LogP contribution in [0.15, 0.2) is 41.6 Å². The van der Waals surface area contributed by atoms with Gasteiger partial charge in [-0.1, -0.05) is 17.7 Å². The number of carbonyl (C=O) groups is 1. The van der Waals surface area contributed by atoms with Gasteiger partial charge in [0.05, 0.1) is 22.3 Å². The van der Waals surface area contributed by atoms with E-state index in [4.69, 9.17) is 16.7 Å². The van der Waals surface area contributed by atoms with E-state index in [1.807, 2.05) is 0 Å². The molecular formula is C13H11ClN2O4S. The summed E-state index contributed by atoms with van der Waals surface area (Å²) in [6, 6.07) is 5.69. The molecular weight excluding hydrogens is 316 g/mol. The van der Waals surface area contributed by atoms with Crippen molar-refractivity contribution < 1.29 is 18.3 Å². The zero-order chi connectivity index (χ0) is 15.6. The van der Waals surface area contributed by atoms with E-state index >= 15 is 0 Å². The number of nitrogens with zero attached hydrogens (tertiary/aromatic N) is 1. The van der Waals surface area contributed by atoms with Gasteiger partial charge >= 0.3 is 5.97 Å². The van der Waals surface area contributed by atoms with Gasteiger partial charge in [0, 0.05) is 11.2 Å². The van der Waals surface area contributed by atoms with Crippen molar-refractivity contribution in [1.82, 2.24) is 4.98 Å². The lowest BCUT2D eigenvalue weighted by Crippen LogP contribution is -2.15. The summed E-state index contributed by atoms with van der Waals surface area (Å²) in [7, 11) is -3.88. The number of carboxylic acid groups (broad SMARTS) is 1. The number of halogens is 1.